The number of hydrogen-bond donors (Lipinski definition) is 3. The van der Waals surface area contributed by atoms with Crippen LogP contribution in [0.3, 0.4) is 0 Å². The summed E-state index contributed by atoms with van der Waals surface area (Å²) in [6, 6.07) is -1.06. The minimum absolute atomic E-state index is 0.0164. The Morgan fingerprint density at radius 3 is 2.59 bits per heavy atom. The van der Waals surface area contributed by atoms with Crippen molar-refractivity contribution in [3.05, 3.63) is 0 Å². The number of amides is 3. The molecule has 4 unspecified atom stereocenters. The molecule has 3 aliphatic heterocycles. The van der Waals surface area contributed by atoms with Gasteiger partial charge >= 0.3 is 0 Å². The highest BCUT2D eigenvalue weighted by atomic mass is 32.2. The molecule has 3 rings (SSSR count). The van der Waals surface area contributed by atoms with Gasteiger partial charge in [0, 0.05) is 18.3 Å². The summed E-state index contributed by atoms with van der Waals surface area (Å²) in [6.45, 7) is 7.89. The van der Waals surface area contributed by atoms with E-state index in [4.69, 9.17) is 0 Å². The molecule has 3 heterocycles. The molecule has 29 heavy (non-hydrogen) atoms. The number of rotatable bonds is 8. The zero-order chi connectivity index (χ0) is 21.5. The van der Waals surface area contributed by atoms with Gasteiger partial charge in [0.1, 0.15) is 6.04 Å². The highest BCUT2D eigenvalue weighted by Crippen LogP contribution is 2.68. The van der Waals surface area contributed by atoms with Gasteiger partial charge in [-0.3, -0.25) is 14.4 Å². The Morgan fingerprint density at radius 1 is 1.34 bits per heavy atom. The average Bonchev–Trinajstić information content (AvgIpc) is 3.27. The van der Waals surface area contributed by atoms with Gasteiger partial charge in [-0.2, -0.15) is 0 Å². The Morgan fingerprint density at radius 2 is 2.03 bits per heavy atom. The number of nitrogens with zero attached hydrogens (tertiary/aromatic N) is 1. The highest BCUT2D eigenvalue weighted by Gasteiger charge is 2.76. The van der Waals surface area contributed by atoms with Crippen molar-refractivity contribution in [1.82, 2.24) is 15.5 Å². The van der Waals surface area contributed by atoms with Crippen LogP contribution in [0, 0.1) is 17.8 Å². The lowest BCUT2D eigenvalue weighted by atomic mass is 9.66. The first-order chi connectivity index (χ1) is 13.8. The number of hydrogen-bond acceptors (Lipinski definition) is 5. The number of aliphatic hydroxyl groups is 1. The summed E-state index contributed by atoms with van der Waals surface area (Å²) in [5.41, 5.74) is 0. The molecule has 3 saturated heterocycles. The Balaban J connectivity index is 2.06. The molecular weight excluding hydrogens is 390 g/mol. The molecule has 2 bridgehead atoms. The molecule has 0 aromatic heterocycles. The van der Waals surface area contributed by atoms with Gasteiger partial charge in [0.25, 0.3) is 0 Å². The standard InChI is InChI=1S/C21H35N3O4S/c1-6-8-12(4)23-19(27)17-21-11(3)9-14(29-21)15(18(26)22-5)16(21)20(28)24(17)13(7-2)10-25/h11-17,25H,6-10H2,1-5H3,(H,22,26)(H,23,27)/t11?,12?,13-,14+,15-,16-,17?,21?/m0/s1. The Kier molecular flexibility index (Phi) is 6.53. The van der Waals surface area contributed by atoms with Crippen LogP contribution in [0.2, 0.25) is 0 Å². The predicted octanol–water partition coefficient (Wildman–Crippen LogP) is 1.15. The van der Waals surface area contributed by atoms with E-state index >= 15 is 0 Å². The summed E-state index contributed by atoms with van der Waals surface area (Å²) in [5, 5.41) is 15.9. The SMILES string of the molecule is CCCC(C)NC(=O)C1N([C@@H](CC)CO)C(=O)[C@@H]2[C@@H](C(=O)NC)[C@H]3CC(C)C12S3. The zero-order valence-corrected chi connectivity index (χ0v) is 18.9. The molecule has 0 aromatic carbocycles. The van der Waals surface area contributed by atoms with Crippen LogP contribution in [0.15, 0.2) is 0 Å². The lowest BCUT2D eigenvalue weighted by molar-refractivity contribution is -0.142. The number of aliphatic hydroxyl groups excluding tert-OH is 1. The average molecular weight is 426 g/mol. The van der Waals surface area contributed by atoms with E-state index in [0.29, 0.717) is 6.42 Å². The maximum Gasteiger partial charge on any atom is 0.244 e. The van der Waals surface area contributed by atoms with Gasteiger partial charge in [0.2, 0.25) is 17.7 Å². The van der Waals surface area contributed by atoms with Crippen molar-refractivity contribution >= 4 is 29.5 Å². The second-order valence-electron chi connectivity index (χ2n) is 8.86. The van der Waals surface area contributed by atoms with Gasteiger partial charge in [0.05, 0.1) is 29.2 Å². The molecule has 3 fully saturated rings. The zero-order valence-electron chi connectivity index (χ0n) is 18.1. The smallest absolute Gasteiger partial charge is 0.244 e. The molecule has 3 amide bonds. The second kappa shape index (κ2) is 8.46. The third-order valence-electron chi connectivity index (χ3n) is 7.17. The minimum Gasteiger partial charge on any atom is -0.394 e. The summed E-state index contributed by atoms with van der Waals surface area (Å²) in [7, 11) is 1.60. The van der Waals surface area contributed by atoms with Crippen LogP contribution in [0.1, 0.15) is 53.4 Å². The highest BCUT2D eigenvalue weighted by molar-refractivity contribution is 8.02. The van der Waals surface area contributed by atoms with Crippen molar-refractivity contribution in [2.75, 3.05) is 13.7 Å². The molecule has 3 aliphatic rings. The fourth-order valence-corrected chi connectivity index (χ4v) is 8.27. The maximum absolute atomic E-state index is 13.7. The molecule has 7 nitrogen and oxygen atoms in total. The van der Waals surface area contributed by atoms with Crippen molar-refractivity contribution in [2.24, 2.45) is 17.8 Å². The molecule has 8 atom stereocenters. The van der Waals surface area contributed by atoms with Crippen molar-refractivity contribution in [3.8, 4) is 0 Å². The first kappa shape index (κ1) is 22.4. The van der Waals surface area contributed by atoms with Crippen molar-refractivity contribution < 1.29 is 19.5 Å². The van der Waals surface area contributed by atoms with E-state index in [1.165, 1.54) is 0 Å². The number of carbonyl (C=O) groups is 3. The molecule has 8 heteroatoms. The van der Waals surface area contributed by atoms with Gasteiger partial charge in [-0.15, -0.1) is 11.8 Å². The fourth-order valence-electron chi connectivity index (χ4n) is 5.86. The van der Waals surface area contributed by atoms with Gasteiger partial charge < -0.3 is 20.6 Å². The molecular formula is C21H35N3O4S. The Labute approximate surface area is 177 Å². The normalized spacial score (nSPS) is 37.4. The predicted molar refractivity (Wildman–Crippen MR) is 113 cm³/mol. The van der Waals surface area contributed by atoms with Gasteiger partial charge in [-0.05, 0) is 32.1 Å². The van der Waals surface area contributed by atoms with E-state index in [-0.39, 0.29) is 41.5 Å². The first-order valence-electron chi connectivity index (χ1n) is 10.9. The largest absolute Gasteiger partial charge is 0.394 e. The van der Waals surface area contributed by atoms with Crippen LogP contribution in [0.25, 0.3) is 0 Å². The summed E-state index contributed by atoms with van der Waals surface area (Å²) in [5.74, 6) is -1.20. The molecule has 0 aliphatic carbocycles. The molecule has 164 valence electrons. The third kappa shape index (κ3) is 3.26. The third-order valence-corrected chi connectivity index (χ3v) is 9.24. The fraction of sp³-hybridized carbons (Fsp3) is 0.857. The molecule has 1 spiro atoms. The van der Waals surface area contributed by atoms with Gasteiger partial charge in [-0.1, -0.05) is 27.2 Å². The van der Waals surface area contributed by atoms with E-state index in [9.17, 15) is 19.5 Å². The van der Waals surface area contributed by atoms with E-state index in [0.717, 1.165) is 19.3 Å². The van der Waals surface area contributed by atoms with Crippen molar-refractivity contribution in [1.29, 1.82) is 0 Å². The van der Waals surface area contributed by atoms with Crippen LogP contribution in [-0.4, -0.2) is 69.5 Å². The van der Waals surface area contributed by atoms with Gasteiger partial charge in [0.15, 0.2) is 0 Å². The quantitative estimate of drug-likeness (QED) is 0.542. The number of carbonyl (C=O) groups excluding carboxylic acids is 3. The monoisotopic (exact) mass is 425 g/mol. The molecule has 0 radical (unpaired) electrons. The first-order valence-corrected chi connectivity index (χ1v) is 11.8. The topological polar surface area (TPSA) is 98.7 Å². The Hall–Kier alpha value is -1.28. The molecule has 3 N–H and O–H groups in total. The summed E-state index contributed by atoms with van der Waals surface area (Å²) in [6.07, 6.45) is 3.21. The van der Waals surface area contributed by atoms with Crippen LogP contribution in [-0.2, 0) is 14.4 Å². The number of thioether (sulfide) groups is 1. The molecule has 0 aromatic rings. The molecule has 0 saturated carbocycles. The van der Waals surface area contributed by atoms with Crippen LogP contribution in [0.5, 0.6) is 0 Å². The number of likely N-dealkylation sites (tertiary alicyclic amines) is 1. The summed E-state index contributed by atoms with van der Waals surface area (Å²) >= 11 is 1.67. The van der Waals surface area contributed by atoms with Crippen LogP contribution in [0.4, 0.5) is 0 Å². The van der Waals surface area contributed by atoms with Crippen LogP contribution < -0.4 is 10.6 Å². The number of nitrogens with one attached hydrogen (secondary N) is 2. The van der Waals surface area contributed by atoms with Crippen LogP contribution >= 0.6 is 11.8 Å². The Bertz CT molecular complexity index is 670. The summed E-state index contributed by atoms with van der Waals surface area (Å²) < 4.78 is -0.614. The summed E-state index contributed by atoms with van der Waals surface area (Å²) in [4.78, 5) is 41.5. The van der Waals surface area contributed by atoms with E-state index in [1.54, 1.807) is 23.7 Å². The second-order valence-corrected chi connectivity index (χ2v) is 10.4. The van der Waals surface area contributed by atoms with Crippen molar-refractivity contribution in [3.63, 3.8) is 0 Å². The minimum atomic E-state index is -0.656. The van der Waals surface area contributed by atoms with Gasteiger partial charge in [-0.25, -0.2) is 0 Å². The lowest BCUT2D eigenvalue weighted by Gasteiger charge is -2.40. The van der Waals surface area contributed by atoms with Crippen molar-refractivity contribution in [2.45, 2.75) is 81.5 Å². The lowest BCUT2D eigenvalue weighted by Crippen LogP contribution is -2.59. The van der Waals surface area contributed by atoms with E-state index < -0.39 is 28.7 Å². The van der Waals surface area contributed by atoms with E-state index in [1.807, 2.05) is 13.8 Å². The number of fused-ring (bicyclic) bond motifs is 1. The maximum atomic E-state index is 13.7. The van der Waals surface area contributed by atoms with E-state index in [2.05, 4.69) is 24.5 Å².